The maximum absolute atomic E-state index is 6.23. The van der Waals surface area contributed by atoms with Crippen LogP contribution >= 0.6 is 0 Å². The van der Waals surface area contributed by atoms with Crippen LogP contribution in [-0.2, 0) is 6.42 Å². The van der Waals surface area contributed by atoms with Gasteiger partial charge < -0.3 is 5.73 Å². The van der Waals surface area contributed by atoms with E-state index in [4.69, 9.17) is 5.73 Å². The molecule has 0 saturated carbocycles. The lowest BCUT2D eigenvalue weighted by Crippen LogP contribution is -2.54. The molecule has 1 rings (SSSR count). The van der Waals surface area contributed by atoms with Crippen molar-refractivity contribution >= 4 is 0 Å². The summed E-state index contributed by atoms with van der Waals surface area (Å²) in [6.45, 7) is 11.0. The van der Waals surface area contributed by atoms with Crippen molar-refractivity contribution in [3.05, 3.63) is 35.9 Å². The van der Waals surface area contributed by atoms with Crippen molar-refractivity contribution in [2.75, 3.05) is 20.1 Å². The van der Waals surface area contributed by atoms with Gasteiger partial charge in [-0.05, 0) is 43.7 Å². The van der Waals surface area contributed by atoms with Crippen molar-refractivity contribution in [3.8, 4) is 0 Å². The van der Waals surface area contributed by atoms with Gasteiger partial charge in [0.15, 0.2) is 0 Å². The molecule has 21 heavy (non-hydrogen) atoms. The fraction of sp³-hybridized carbons (Fsp3) is 0.684. The third-order valence-electron chi connectivity index (χ3n) is 4.34. The zero-order chi connectivity index (χ0) is 15.9. The maximum Gasteiger partial charge on any atom is 0.0333 e. The molecule has 2 nitrogen and oxygen atoms in total. The Hall–Kier alpha value is -0.860. The summed E-state index contributed by atoms with van der Waals surface area (Å²) in [4.78, 5) is 2.51. The van der Waals surface area contributed by atoms with Crippen LogP contribution in [0.3, 0.4) is 0 Å². The molecule has 0 aromatic heterocycles. The molecule has 2 heteroatoms. The SMILES string of the molecule is CC(C)CC(CN)(CC(C)C)N(C)CCc1ccccc1. The Balaban J connectivity index is 2.76. The van der Waals surface area contributed by atoms with Gasteiger partial charge >= 0.3 is 0 Å². The van der Waals surface area contributed by atoms with E-state index in [0.717, 1.165) is 19.5 Å². The summed E-state index contributed by atoms with van der Waals surface area (Å²) in [5.74, 6) is 1.35. The van der Waals surface area contributed by atoms with E-state index >= 15 is 0 Å². The molecule has 0 aliphatic heterocycles. The van der Waals surface area contributed by atoms with Crippen molar-refractivity contribution in [1.29, 1.82) is 0 Å². The number of rotatable bonds is 9. The second kappa shape index (κ2) is 8.55. The molecule has 0 bridgehead atoms. The molecule has 0 saturated heterocycles. The molecular weight excluding hydrogens is 256 g/mol. The Labute approximate surface area is 131 Å². The molecule has 0 aliphatic rings. The molecule has 0 spiro atoms. The minimum absolute atomic E-state index is 0.136. The number of benzene rings is 1. The Morgan fingerprint density at radius 1 is 1.00 bits per heavy atom. The Morgan fingerprint density at radius 3 is 1.95 bits per heavy atom. The van der Waals surface area contributed by atoms with Crippen LogP contribution < -0.4 is 5.73 Å². The molecule has 1 aromatic rings. The van der Waals surface area contributed by atoms with Crippen LogP contribution in [0.4, 0.5) is 0 Å². The first-order valence-electron chi connectivity index (χ1n) is 8.35. The predicted molar refractivity (Wildman–Crippen MR) is 93.5 cm³/mol. The first-order chi connectivity index (χ1) is 9.89. The van der Waals surface area contributed by atoms with Gasteiger partial charge in [-0.2, -0.15) is 0 Å². The summed E-state index contributed by atoms with van der Waals surface area (Å²) >= 11 is 0. The normalized spacial score (nSPS) is 12.6. The summed E-state index contributed by atoms with van der Waals surface area (Å²) in [6.07, 6.45) is 3.44. The second-order valence-corrected chi connectivity index (χ2v) is 7.28. The first-order valence-corrected chi connectivity index (χ1v) is 8.35. The molecule has 0 radical (unpaired) electrons. The van der Waals surface area contributed by atoms with Crippen molar-refractivity contribution in [2.45, 2.75) is 52.5 Å². The maximum atomic E-state index is 6.23. The lowest BCUT2D eigenvalue weighted by atomic mass is 9.80. The number of hydrogen-bond acceptors (Lipinski definition) is 2. The fourth-order valence-corrected chi connectivity index (χ4v) is 3.42. The van der Waals surface area contributed by atoms with Crippen molar-refractivity contribution in [1.82, 2.24) is 4.90 Å². The molecule has 0 fully saturated rings. The van der Waals surface area contributed by atoms with E-state index in [1.807, 2.05) is 0 Å². The third kappa shape index (κ3) is 5.80. The molecule has 120 valence electrons. The van der Waals surface area contributed by atoms with Gasteiger partial charge in [0.25, 0.3) is 0 Å². The molecule has 0 atom stereocenters. The molecule has 2 N–H and O–H groups in total. The van der Waals surface area contributed by atoms with Gasteiger partial charge in [-0.3, -0.25) is 4.90 Å². The van der Waals surface area contributed by atoms with Gasteiger partial charge in [0.1, 0.15) is 0 Å². The van der Waals surface area contributed by atoms with E-state index in [1.54, 1.807) is 0 Å². The molecule has 0 unspecified atom stereocenters. The van der Waals surface area contributed by atoms with Crippen LogP contribution in [0.1, 0.15) is 46.1 Å². The van der Waals surface area contributed by atoms with Crippen LogP contribution in [0.5, 0.6) is 0 Å². The van der Waals surface area contributed by atoms with E-state index in [-0.39, 0.29) is 5.54 Å². The molecule has 0 heterocycles. The standard InChI is InChI=1S/C19H34N2/c1-16(2)13-19(15-20,14-17(3)4)21(5)12-11-18-9-7-6-8-10-18/h6-10,16-17H,11-15,20H2,1-5H3. The highest BCUT2D eigenvalue weighted by Crippen LogP contribution is 2.29. The summed E-state index contributed by atoms with van der Waals surface area (Å²) in [6, 6.07) is 10.7. The van der Waals surface area contributed by atoms with Gasteiger partial charge in [0.05, 0.1) is 0 Å². The highest BCUT2D eigenvalue weighted by Gasteiger charge is 2.34. The van der Waals surface area contributed by atoms with Gasteiger partial charge in [-0.25, -0.2) is 0 Å². The zero-order valence-corrected chi connectivity index (χ0v) is 14.6. The van der Waals surface area contributed by atoms with Crippen molar-refractivity contribution < 1.29 is 0 Å². The van der Waals surface area contributed by atoms with Crippen molar-refractivity contribution in [2.24, 2.45) is 17.6 Å². The van der Waals surface area contributed by atoms with Crippen LogP contribution in [0, 0.1) is 11.8 Å². The van der Waals surface area contributed by atoms with Gasteiger partial charge in [-0.15, -0.1) is 0 Å². The minimum Gasteiger partial charge on any atom is -0.329 e. The smallest absolute Gasteiger partial charge is 0.0333 e. The highest BCUT2D eigenvalue weighted by molar-refractivity contribution is 5.15. The van der Waals surface area contributed by atoms with Crippen molar-refractivity contribution in [3.63, 3.8) is 0 Å². The summed E-state index contributed by atoms with van der Waals surface area (Å²) in [5.41, 5.74) is 7.78. The first kappa shape index (κ1) is 18.2. The number of nitrogens with two attached hydrogens (primary N) is 1. The lowest BCUT2D eigenvalue weighted by Gasteiger charge is -2.44. The van der Waals surface area contributed by atoms with Gasteiger partial charge in [-0.1, -0.05) is 58.0 Å². The van der Waals surface area contributed by atoms with E-state index in [0.29, 0.717) is 11.8 Å². The monoisotopic (exact) mass is 290 g/mol. The number of nitrogens with zero attached hydrogens (tertiary/aromatic N) is 1. The van der Waals surface area contributed by atoms with E-state index in [1.165, 1.54) is 18.4 Å². The third-order valence-corrected chi connectivity index (χ3v) is 4.34. The second-order valence-electron chi connectivity index (χ2n) is 7.28. The number of likely N-dealkylation sites (N-methyl/N-ethyl adjacent to an activating group) is 1. The van der Waals surface area contributed by atoms with E-state index < -0.39 is 0 Å². The zero-order valence-electron chi connectivity index (χ0n) is 14.6. The van der Waals surface area contributed by atoms with Crippen LogP contribution in [-0.4, -0.2) is 30.6 Å². The largest absolute Gasteiger partial charge is 0.329 e. The minimum atomic E-state index is 0.136. The Bertz CT molecular complexity index is 374. The lowest BCUT2D eigenvalue weighted by molar-refractivity contribution is 0.0792. The topological polar surface area (TPSA) is 29.3 Å². The highest BCUT2D eigenvalue weighted by atomic mass is 15.2. The summed E-state index contributed by atoms with van der Waals surface area (Å²) in [7, 11) is 2.25. The average molecular weight is 290 g/mol. The number of hydrogen-bond donors (Lipinski definition) is 1. The predicted octanol–water partition coefficient (Wildman–Crippen LogP) is 3.95. The van der Waals surface area contributed by atoms with E-state index in [2.05, 4.69) is 70.0 Å². The van der Waals surface area contributed by atoms with Crippen LogP contribution in [0.2, 0.25) is 0 Å². The quantitative estimate of drug-likeness (QED) is 0.746. The van der Waals surface area contributed by atoms with Crippen LogP contribution in [0.25, 0.3) is 0 Å². The van der Waals surface area contributed by atoms with E-state index in [9.17, 15) is 0 Å². The Kier molecular flexibility index (Phi) is 7.41. The molecular formula is C19H34N2. The summed E-state index contributed by atoms with van der Waals surface area (Å²) in [5, 5.41) is 0. The van der Waals surface area contributed by atoms with Gasteiger partial charge in [0, 0.05) is 18.6 Å². The van der Waals surface area contributed by atoms with Gasteiger partial charge in [0.2, 0.25) is 0 Å². The average Bonchev–Trinajstić information content (AvgIpc) is 2.44. The molecule has 0 aliphatic carbocycles. The summed E-state index contributed by atoms with van der Waals surface area (Å²) < 4.78 is 0. The molecule has 0 amide bonds. The molecule has 1 aromatic carbocycles. The Morgan fingerprint density at radius 2 is 1.52 bits per heavy atom. The fourth-order valence-electron chi connectivity index (χ4n) is 3.42. The van der Waals surface area contributed by atoms with Crippen LogP contribution in [0.15, 0.2) is 30.3 Å².